The molecule has 0 aliphatic carbocycles. The summed E-state index contributed by atoms with van der Waals surface area (Å²) in [6.45, 7) is 8.47. The molecule has 160 valence electrons. The monoisotopic (exact) mass is 400 g/mol. The van der Waals surface area contributed by atoms with Crippen LogP contribution < -0.4 is 15.4 Å². The largest absolute Gasteiger partial charge is 0.497 e. The summed E-state index contributed by atoms with van der Waals surface area (Å²) in [6, 6.07) is 8.70. The van der Waals surface area contributed by atoms with Gasteiger partial charge in [0, 0.05) is 13.1 Å². The van der Waals surface area contributed by atoms with E-state index in [0.29, 0.717) is 0 Å². The van der Waals surface area contributed by atoms with Crippen LogP contribution >= 0.6 is 0 Å². The molecule has 0 saturated carbocycles. The van der Waals surface area contributed by atoms with E-state index in [9.17, 15) is 0 Å². The second kappa shape index (κ2) is 11.8. The molecule has 1 atom stereocenters. The van der Waals surface area contributed by atoms with E-state index >= 15 is 0 Å². The Hall–Kier alpha value is -2.05. The molecular weight excluding hydrogens is 364 g/mol. The van der Waals surface area contributed by atoms with Gasteiger partial charge in [0.2, 0.25) is 0 Å². The van der Waals surface area contributed by atoms with E-state index < -0.39 is 0 Å². The average Bonchev–Trinajstić information content (AvgIpc) is 3.29. The molecule has 1 unspecified atom stereocenters. The van der Waals surface area contributed by atoms with Crippen molar-refractivity contribution in [3.05, 3.63) is 41.5 Å². The molecule has 6 nitrogen and oxygen atoms in total. The van der Waals surface area contributed by atoms with Gasteiger partial charge in [-0.25, -0.2) is 0 Å². The predicted octanol–water partition coefficient (Wildman–Crippen LogP) is 3.12. The minimum Gasteiger partial charge on any atom is -0.497 e. The maximum absolute atomic E-state index is 5.45. The molecule has 0 spiro atoms. The second-order valence-electron chi connectivity index (χ2n) is 7.62. The number of hydrogen-bond acceptors (Lipinski definition) is 4. The van der Waals surface area contributed by atoms with Gasteiger partial charge in [0.05, 0.1) is 32.9 Å². The van der Waals surface area contributed by atoms with E-state index in [-0.39, 0.29) is 6.04 Å². The Balaban J connectivity index is 1.64. The number of methoxy groups -OCH3 is 1. The molecule has 3 rings (SSSR count). The van der Waals surface area contributed by atoms with Gasteiger partial charge < -0.3 is 20.1 Å². The van der Waals surface area contributed by atoms with Crippen molar-refractivity contribution < 1.29 is 9.47 Å². The Morgan fingerprint density at radius 3 is 2.86 bits per heavy atom. The number of rotatable bonds is 9. The summed E-state index contributed by atoms with van der Waals surface area (Å²) in [4.78, 5) is 7.49. The van der Waals surface area contributed by atoms with Gasteiger partial charge in [0.15, 0.2) is 5.96 Å². The lowest BCUT2D eigenvalue weighted by molar-refractivity contribution is 0.153. The summed E-state index contributed by atoms with van der Waals surface area (Å²) in [5.41, 5.74) is 2.75. The number of hydrogen-bond donors (Lipinski definition) is 2. The smallest absolute Gasteiger partial charge is 0.191 e. The summed E-state index contributed by atoms with van der Waals surface area (Å²) < 4.78 is 10.8. The van der Waals surface area contributed by atoms with Crippen LogP contribution in [0, 0.1) is 0 Å². The third-order valence-corrected chi connectivity index (χ3v) is 5.62. The highest BCUT2D eigenvalue weighted by molar-refractivity contribution is 5.79. The highest BCUT2D eigenvalue weighted by Crippen LogP contribution is 2.27. The van der Waals surface area contributed by atoms with Gasteiger partial charge in [-0.2, -0.15) is 0 Å². The van der Waals surface area contributed by atoms with Crippen molar-refractivity contribution in [1.29, 1.82) is 0 Å². The van der Waals surface area contributed by atoms with Crippen molar-refractivity contribution in [1.82, 2.24) is 15.5 Å². The van der Waals surface area contributed by atoms with E-state index in [1.807, 2.05) is 6.07 Å². The fourth-order valence-electron chi connectivity index (χ4n) is 3.99. The van der Waals surface area contributed by atoms with Crippen molar-refractivity contribution in [3.8, 4) is 5.75 Å². The van der Waals surface area contributed by atoms with Crippen molar-refractivity contribution in [3.63, 3.8) is 0 Å². The maximum Gasteiger partial charge on any atom is 0.191 e. The van der Waals surface area contributed by atoms with Crippen LogP contribution in [0.2, 0.25) is 0 Å². The van der Waals surface area contributed by atoms with Crippen LogP contribution in [0.3, 0.4) is 0 Å². The first-order valence-corrected chi connectivity index (χ1v) is 11.0. The Morgan fingerprint density at radius 1 is 1.28 bits per heavy atom. The Labute approximate surface area is 175 Å². The van der Waals surface area contributed by atoms with Gasteiger partial charge in [-0.1, -0.05) is 23.8 Å². The lowest BCUT2D eigenvalue weighted by atomic mass is 10.1. The van der Waals surface area contributed by atoms with Gasteiger partial charge in [0.25, 0.3) is 0 Å². The molecule has 1 aromatic carbocycles. The lowest BCUT2D eigenvalue weighted by Gasteiger charge is -2.27. The molecule has 6 heteroatoms. The third-order valence-electron chi connectivity index (χ3n) is 5.62. The molecule has 0 bridgehead atoms. The molecule has 1 aromatic rings. The summed E-state index contributed by atoms with van der Waals surface area (Å²) in [7, 11) is 1.73. The number of nitrogens with one attached hydrogen (secondary N) is 2. The Morgan fingerprint density at radius 2 is 2.14 bits per heavy atom. The molecule has 2 N–H and O–H groups in total. The molecule has 0 aromatic heterocycles. The number of benzene rings is 1. The first kappa shape index (κ1) is 21.7. The van der Waals surface area contributed by atoms with Crippen LogP contribution in [0.25, 0.3) is 0 Å². The average molecular weight is 401 g/mol. The molecule has 29 heavy (non-hydrogen) atoms. The summed E-state index contributed by atoms with van der Waals surface area (Å²) in [5, 5.41) is 6.89. The van der Waals surface area contributed by atoms with Crippen molar-refractivity contribution in [2.75, 3.05) is 53.0 Å². The number of ether oxygens (including phenoxy) is 2. The van der Waals surface area contributed by atoms with Crippen molar-refractivity contribution >= 4 is 5.96 Å². The minimum absolute atomic E-state index is 0.279. The molecular formula is C23H36N4O2. The maximum atomic E-state index is 5.45. The first-order valence-electron chi connectivity index (χ1n) is 11.0. The summed E-state index contributed by atoms with van der Waals surface area (Å²) in [5.74, 6) is 1.80. The summed E-state index contributed by atoms with van der Waals surface area (Å²) >= 11 is 0. The quantitative estimate of drug-likeness (QED) is 0.379. The van der Waals surface area contributed by atoms with E-state index in [4.69, 9.17) is 14.5 Å². The van der Waals surface area contributed by atoms with E-state index in [1.54, 1.807) is 7.11 Å². The fourth-order valence-corrected chi connectivity index (χ4v) is 3.99. The van der Waals surface area contributed by atoms with Crippen LogP contribution in [0.1, 0.15) is 44.2 Å². The molecule has 2 heterocycles. The van der Waals surface area contributed by atoms with Crippen LogP contribution in [-0.2, 0) is 4.74 Å². The number of aliphatic imine (C=N–C) groups is 1. The summed E-state index contributed by atoms with van der Waals surface area (Å²) in [6.07, 6.45) is 6.82. The van der Waals surface area contributed by atoms with Crippen molar-refractivity contribution in [2.24, 2.45) is 4.99 Å². The zero-order valence-corrected chi connectivity index (χ0v) is 18.0. The fraction of sp³-hybridized carbons (Fsp3) is 0.609. The molecule has 0 amide bonds. The van der Waals surface area contributed by atoms with Crippen LogP contribution in [-0.4, -0.2) is 63.9 Å². The van der Waals surface area contributed by atoms with Gasteiger partial charge in [0.1, 0.15) is 5.75 Å². The standard InChI is InChI=1S/C23H36N4O2/c1-3-24-23(25-12-9-19-10-15-29-16-11-19)26-18-22(27-13-4-5-14-27)20-7-6-8-21(17-20)28-2/h6-8,10,17,22H,3-5,9,11-16,18H2,1-2H3,(H2,24,25,26). The van der Waals surface area contributed by atoms with Crippen LogP contribution in [0.4, 0.5) is 0 Å². The molecule has 1 saturated heterocycles. The third kappa shape index (κ3) is 6.75. The van der Waals surface area contributed by atoms with Gasteiger partial charge >= 0.3 is 0 Å². The highest BCUT2D eigenvalue weighted by atomic mass is 16.5. The number of guanidine groups is 1. The number of likely N-dealkylation sites (tertiary alicyclic amines) is 1. The SMILES string of the molecule is CCNC(=NCC(c1cccc(OC)c1)N1CCCC1)NCCC1=CCOCC1. The van der Waals surface area contributed by atoms with Crippen LogP contribution in [0.15, 0.2) is 40.9 Å². The lowest BCUT2D eigenvalue weighted by Crippen LogP contribution is -2.39. The topological polar surface area (TPSA) is 58.1 Å². The zero-order chi connectivity index (χ0) is 20.3. The molecule has 1 fully saturated rings. The minimum atomic E-state index is 0.279. The molecule has 2 aliphatic heterocycles. The van der Waals surface area contributed by atoms with E-state index in [2.05, 4.69) is 46.7 Å². The normalized spacial score (nSPS) is 19.0. The van der Waals surface area contributed by atoms with Crippen molar-refractivity contribution in [2.45, 2.75) is 38.6 Å². The van der Waals surface area contributed by atoms with Gasteiger partial charge in [-0.05, 0) is 63.4 Å². The van der Waals surface area contributed by atoms with E-state index in [1.165, 1.54) is 24.0 Å². The highest BCUT2D eigenvalue weighted by Gasteiger charge is 2.23. The predicted molar refractivity (Wildman–Crippen MR) is 119 cm³/mol. The first-order chi connectivity index (χ1) is 14.3. The number of nitrogens with zero attached hydrogens (tertiary/aromatic N) is 2. The Bertz CT molecular complexity index is 683. The van der Waals surface area contributed by atoms with Crippen LogP contribution in [0.5, 0.6) is 5.75 Å². The Kier molecular flexibility index (Phi) is 8.83. The van der Waals surface area contributed by atoms with E-state index in [0.717, 1.165) is 70.5 Å². The van der Waals surface area contributed by atoms with Gasteiger partial charge in [-0.3, -0.25) is 9.89 Å². The molecule has 2 aliphatic rings. The molecule has 0 radical (unpaired) electrons. The zero-order valence-electron chi connectivity index (χ0n) is 18.0. The van der Waals surface area contributed by atoms with Gasteiger partial charge in [-0.15, -0.1) is 0 Å². The second-order valence-corrected chi connectivity index (χ2v) is 7.62.